The van der Waals surface area contributed by atoms with Crippen molar-refractivity contribution in [2.45, 2.75) is 45.2 Å². The van der Waals surface area contributed by atoms with Gasteiger partial charge in [-0.25, -0.2) is 14.4 Å². The Bertz CT molecular complexity index is 721. The highest BCUT2D eigenvalue weighted by Crippen LogP contribution is 2.23. The van der Waals surface area contributed by atoms with E-state index in [4.69, 9.17) is 0 Å². The lowest BCUT2D eigenvalue weighted by molar-refractivity contribution is -0.134. The monoisotopic (exact) mass is 316 g/mol. The molecule has 2 atom stereocenters. The number of hydrogen-bond donors (Lipinski definition) is 1. The maximum atomic E-state index is 13.8. The second-order valence-corrected chi connectivity index (χ2v) is 6.10. The first-order valence-electron chi connectivity index (χ1n) is 8.04. The van der Waals surface area contributed by atoms with Crippen LogP contribution in [0.2, 0.25) is 0 Å². The molecule has 1 amide bonds. The minimum atomic E-state index is -0.420. The van der Waals surface area contributed by atoms with Crippen molar-refractivity contribution in [2.75, 3.05) is 11.9 Å². The number of aromatic nitrogens is 2. The lowest BCUT2D eigenvalue weighted by Crippen LogP contribution is -2.48. The maximum Gasteiger partial charge on any atom is 0.245 e. The van der Waals surface area contributed by atoms with E-state index in [0.29, 0.717) is 11.2 Å². The third-order valence-corrected chi connectivity index (χ3v) is 4.43. The van der Waals surface area contributed by atoms with Gasteiger partial charge in [0.05, 0.1) is 0 Å². The van der Waals surface area contributed by atoms with Crippen LogP contribution in [0, 0.1) is 5.82 Å². The quantitative estimate of drug-likeness (QED) is 0.946. The molecule has 1 fully saturated rings. The topological polar surface area (TPSA) is 58.1 Å². The van der Waals surface area contributed by atoms with Gasteiger partial charge >= 0.3 is 0 Å². The van der Waals surface area contributed by atoms with Gasteiger partial charge in [0.2, 0.25) is 5.91 Å². The summed E-state index contributed by atoms with van der Waals surface area (Å²) in [6, 6.07) is 4.58. The summed E-state index contributed by atoms with van der Waals surface area (Å²) < 4.78 is 13.8. The molecule has 0 radical (unpaired) electrons. The Hall–Kier alpha value is -2.24. The molecule has 0 spiro atoms. The van der Waals surface area contributed by atoms with Crippen LogP contribution < -0.4 is 5.32 Å². The number of halogens is 1. The molecular formula is C17H21FN4O. The minimum Gasteiger partial charge on any atom is -0.358 e. The smallest absolute Gasteiger partial charge is 0.245 e. The van der Waals surface area contributed by atoms with Gasteiger partial charge in [-0.1, -0.05) is 6.07 Å². The Morgan fingerprint density at radius 1 is 1.39 bits per heavy atom. The highest BCUT2D eigenvalue weighted by Gasteiger charge is 2.27. The third-order valence-electron chi connectivity index (χ3n) is 4.43. The van der Waals surface area contributed by atoms with Crippen LogP contribution in [0.15, 0.2) is 24.5 Å². The summed E-state index contributed by atoms with van der Waals surface area (Å²) >= 11 is 0. The van der Waals surface area contributed by atoms with Gasteiger partial charge in [0.15, 0.2) is 0 Å². The number of likely N-dealkylation sites (tertiary alicyclic amines) is 1. The molecule has 6 heteroatoms. The number of piperidine rings is 1. The molecule has 2 unspecified atom stereocenters. The Labute approximate surface area is 134 Å². The number of nitrogens with zero attached hydrogens (tertiary/aromatic N) is 3. The van der Waals surface area contributed by atoms with E-state index in [1.807, 2.05) is 11.8 Å². The predicted octanol–water partition coefficient (Wildman–Crippen LogP) is 2.97. The number of carbonyl (C=O) groups excluding carboxylic acids is 1. The number of para-hydroxylation sites is 1. The highest BCUT2D eigenvalue weighted by molar-refractivity contribution is 5.92. The lowest BCUT2D eigenvalue weighted by Gasteiger charge is -2.35. The number of anilines is 1. The molecule has 3 rings (SSSR count). The summed E-state index contributed by atoms with van der Waals surface area (Å²) in [7, 11) is 0. The van der Waals surface area contributed by atoms with Gasteiger partial charge in [-0.15, -0.1) is 0 Å². The van der Waals surface area contributed by atoms with Crippen LogP contribution in [0.3, 0.4) is 0 Å². The molecule has 1 N–H and O–H groups in total. The van der Waals surface area contributed by atoms with E-state index >= 15 is 0 Å². The highest BCUT2D eigenvalue weighted by atomic mass is 19.1. The average Bonchev–Trinajstić information content (AvgIpc) is 2.55. The summed E-state index contributed by atoms with van der Waals surface area (Å²) in [5.41, 5.74) is 0.260. The van der Waals surface area contributed by atoms with E-state index in [-0.39, 0.29) is 17.5 Å². The Balaban J connectivity index is 1.81. The molecule has 1 aliphatic heterocycles. The number of hydrogen-bond acceptors (Lipinski definition) is 4. The van der Waals surface area contributed by atoms with E-state index in [9.17, 15) is 9.18 Å². The van der Waals surface area contributed by atoms with Crippen molar-refractivity contribution in [1.82, 2.24) is 14.9 Å². The first kappa shape index (κ1) is 15.6. The fourth-order valence-corrected chi connectivity index (χ4v) is 3.11. The largest absolute Gasteiger partial charge is 0.358 e. The predicted molar refractivity (Wildman–Crippen MR) is 87.6 cm³/mol. The molecule has 0 saturated carbocycles. The fraction of sp³-hybridized carbons (Fsp3) is 0.471. The number of rotatable bonds is 3. The maximum absolute atomic E-state index is 13.8. The molecule has 1 saturated heterocycles. The first-order valence-corrected chi connectivity index (χ1v) is 8.04. The number of amides is 1. The molecular weight excluding hydrogens is 295 g/mol. The summed E-state index contributed by atoms with van der Waals surface area (Å²) in [6.45, 7) is 4.70. The van der Waals surface area contributed by atoms with E-state index in [0.717, 1.165) is 19.4 Å². The first-order chi connectivity index (χ1) is 11.1. The zero-order valence-electron chi connectivity index (χ0n) is 13.4. The standard InChI is InChI=1S/C17H21FN4O/c1-11-6-3-4-9-22(11)17(23)12(2)21-16-13-7-5-8-14(18)15(13)19-10-20-16/h5,7-8,10-12H,3-4,6,9H2,1-2H3,(H,19,20,21). The van der Waals surface area contributed by atoms with Crippen molar-refractivity contribution < 1.29 is 9.18 Å². The van der Waals surface area contributed by atoms with Gasteiger partial charge < -0.3 is 10.2 Å². The average molecular weight is 316 g/mol. The van der Waals surface area contributed by atoms with Crippen LogP contribution >= 0.6 is 0 Å². The lowest BCUT2D eigenvalue weighted by atomic mass is 10.0. The van der Waals surface area contributed by atoms with Gasteiger partial charge in [0.1, 0.15) is 29.5 Å². The van der Waals surface area contributed by atoms with Crippen molar-refractivity contribution in [3.8, 4) is 0 Å². The zero-order valence-corrected chi connectivity index (χ0v) is 13.4. The van der Waals surface area contributed by atoms with Gasteiger partial charge in [0.25, 0.3) is 0 Å². The number of nitrogens with one attached hydrogen (secondary N) is 1. The van der Waals surface area contributed by atoms with Gasteiger partial charge in [0, 0.05) is 18.0 Å². The van der Waals surface area contributed by atoms with Crippen molar-refractivity contribution >= 4 is 22.6 Å². The third kappa shape index (κ3) is 3.11. The van der Waals surface area contributed by atoms with E-state index < -0.39 is 11.9 Å². The second-order valence-electron chi connectivity index (χ2n) is 6.10. The molecule has 23 heavy (non-hydrogen) atoms. The molecule has 0 bridgehead atoms. The van der Waals surface area contributed by atoms with Crippen molar-refractivity contribution in [1.29, 1.82) is 0 Å². The van der Waals surface area contributed by atoms with Crippen LogP contribution in [0.25, 0.3) is 10.9 Å². The molecule has 0 aliphatic carbocycles. The minimum absolute atomic E-state index is 0.0559. The van der Waals surface area contributed by atoms with Crippen LogP contribution in [0.4, 0.5) is 10.2 Å². The molecule has 2 heterocycles. The number of carbonyl (C=O) groups is 1. The zero-order chi connectivity index (χ0) is 16.4. The van der Waals surface area contributed by atoms with Crippen LogP contribution in [-0.4, -0.2) is 39.4 Å². The SMILES string of the molecule is CC(Nc1ncnc2c(F)cccc12)C(=O)N1CCCCC1C. The van der Waals surface area contributed by atoms with Crippen molar-refractivity contribution in [3.05, 3.63) is 30.3 Å². The van der Waals surface area contributed by atoms with Crippen LogP contribution in [-0.2, 0) is 4.79 Å². The summed E-state index contributed by atoms with van der Waals surface area (Å²) in [5.74, 6) is 0.150. The summed E-state index contributed by atoms with van der Waals surface area (Å²) in [4.78, 5) is 22.7. The summed E-state index contributed by atoms with van der Waals surface area (Å²) in [5, 5.41) is 3.70. The van der Waals surface area contributed by atoms with E-state index in [2.05, 4.69) is 22.2 Å². The Morgan fingerprint density at radius 2 is 2.22 bits per heavy atom. The number of fused-ring (bicyclic) bond motifs is 1. The molecule has 1 aromatic carbocycles. The van der Waals surface area contributed by atoms with Crippen LogP contribution in [0.5, 0.6) is 0 Å². The molecule has 122 valence electrons. The molecule has 1 aliphatic rings. The molecule has 5 nitrogen and oxygen atoms in total. The van der Waals surface area contributed by atoms with Crippen molar-refractivity contribution in [2.24, 2.45) is 0 Å². The van der Waals surface area contributed by atoms with Crippen molar-refractivity contribution in [3.63, 3.8) is 0 Å². The van der Waals surface area contributed by atoms with E-state index in [1.54, 1.807) is 12.1 Å². The van der Waals surface area contributed by atoms with Crippen LogP contribution in [0.1, 0.15) is 33.1 Å². The molecule has 1 aromatic heterocycles. The van der Waals surface area contributed by atoms with E-state index in [1.165, 1.54) is 18.8 Å². The number of benzene rings is 1. The molecule has 2 aromatic rings. The van der Waals surface area contributed by atoms with Gasteiger partial charge in [-0.05, 0) is 45.2 Å². The van der Waals surface area contributed by atoms with Gasteiger partial charge in [-0.2, -0.15) is 0 Å². The fourth-order valence-electron chi connectivity index (χ4n) is 3.11. The van der Waals surface area contributed by atoms with Gasteiger partial charge in [-0.3, -0.25) is 4.79 Å². The normalized spacial score (nSPS) is 19.6. The Kier molecular flexibility index (Phi) is 4.41. The summed E-state index contributed by atoms with van der Waals surface area (Å²) in [6.07, 6.45) is 4.57. The second kappa shape index (κ2) is 6.48. The Morgan fingerprint density at radius 3 is 3.00 bits per heavy atom.